The third-order valence-electron chi connectivity index (χ3n) is 2.42. The first-order chi connectivity index (χ1) is 7.85. The van der Waals surface area contributed by atoms with Crippen molar-refractivity contribution in [1.82, 2.24) is 19.6 Å². The highest BCUT2D eigenvalue weighted by molar-refractivity contribution is 5.61. The van der Waals surface area contributed by atoms with E-state index in [1.54, 1.807) is 19.6 Å². The Hall–Kier alpha value is -1.69. The highest BCUT2D eigenvalue weighted by Gasteiger charge is 2.10. The summed E-state index contributed by atoms with van der Waals surface area (Å²) in [6.45, 7) is 2.74. The maximum atomic E-state index is 5.13. The first kappa shape index (κ1) is 10.8. The lowest BCUT2D eigenvalue weighted by Gasteiger charge is -2.16. The van der Waals surface area contributed by atoms with Crippen molar-refractivity contribution in [1.29, 1.82) is 0 Å². The van der Waals surface area contributed by atoms with Gasteiger partial charge in [0.2, 0.25) is 5.65 Å². The molecule has 0 bridgehead atoms. The lowest BCUT2D eigenvalue weighted by molar-refractivity contribution is 0.184. The van der Waals surface area contributed by atoms with Crippen LogP contribution in [0.15, 0.2) is 18.7 Å². The van der Waals surface area contributed by atoms with E-state index < -0.39 is 0 Å². The number of rotatable bonds is 5. The number of nitrogens with one attached hydrogen (secondary N) is 1. The predicted molar refractivity (Wildman–Crippen MR) is 60.4 cm³/mol. The molecule has 0 radical (unpaired) electrons. The van der Waals surface area contributed by atoms with Crippen LogP contribution in [-0.4, -0.2) is 39.3 Å². The Balaban J connectivity index is 2.22. The molecule has 1 N–H and O–H groups in total. The van der Waals surface area contributed by atoms with Crippen LogP contribution < -0.4 is 5.32 Å². The van der Waals surface area contributed by atoms with Gasteiger partial charge in [0.05, 0.1) is 12.6 Å². The quantitative estimate of drug-likeness (QED) is 0.814. The summed E-state index contributed by atoms with van der Waals surface area (Å²) in [6, 6.07) is 0.236. The van der Waals surface area contributed by atoms with Crippen LogP contribution in [-0.2, 0) is 4.74 Å². The molecule has 0 aliphatic rings. The normalized spacial score (nSPS) is 12.9. The summed E-state index contributed by atoms with van der Waals surface area (Å²) in [6.07, 6.45) is 6.15. The SMILES string of the molecule is CCC(COC)Nc1nccn2cnnc12. The Morgan fingerprint density at radius 2 is 2.44 bits per heavy atom. The molecule has 0 amide bonds. The van der Waals surface area contributed by atoms with Crippen LogP contribution in [0.2, 0.25) is 0 Å². The molecule has 6 nitrogen and oxygen atoms in total. The summed E-state index contributed by atoms with van der Waals surface area (Å²) >= 11 is 0. The van der Waals surface area contributed by atoms with Gasteiger partial charge in [-0.1, -0.05) is 6.92 Å². The van der Waals surface area contributed by atoms with Crippen LogP contribution in [0.4, 0.5) is 5.82 Å². The Kier molecular flexibility index (Phi) is 3.31. The van der Waals surface area contributed by atoms with Gasteiger partial charge in [0.25, 0.3) is 0 Å². The predicted octanol–water partition coefficient (Wildman–Crippen LogP) is 0.961. The average molecular weight is 221 g/mol. The van der Waals surface area contributed by atoms with Crippen LogP contribution in [0.5, 0.6) is 0 Å². The summed E-state index contributed by atoms with van der Waals surface area (Å²) in [5, 5.41) is 11.2. The molecule has 0 fully saturated rings. The molecule has 1 unspecified atom stereocenters. The third-order valence-corrected chi connectivity index (χ3v) is 2.42. The van der Waals surface area contributed by atoms with Crippen LogP contribution in [0.1, 0.15) is 13.3 Å². The Bertz CT molecular complexity index is 455. The maximum Gasteiger partial charge on any atom is 0.203 e. The lowest BCUT2D eigenvalue weighted by atomic mass is 10.2. The van der Waals surface area contributed by atoms with Gasteiger partial charge in [0.15, 0.2) is 5.82 Å². The molecule has 0 aromatic carbocycles. The molecule has 0 spiro atoms. The number of fused-ring (bicyclic) bond motifs is 1. The monoisotopic (exact) mass is 221 g/mol. The first-order valence-electron chi connectivity index (χ1n) is 5.25. The van der Waals surface area contributed by atoms with E-state index in [-0.39, 0.29) is 6.04 Å². The minimum absolute atomic E-state index is 0.236. The second-order valence-electron chi connectivity index (χ2n) is 3.54. The van der Waals surface area contributed by atoms with Gasteiger partial charge in [-0.2, -0.15) is 0 Å². The number of hydrogen-bond donors (Lipinski definition) is 1. The summed E-state index contributed by atoms with van der Waals surface area (Å²) in [4.78, 5) is 4.26. The number of anilines is 1. The van der Waals surface area contributed by atoms with Crippen molar-refractivity contribution in [2.75, 3.05) is 19.0 Å². The maximum absolute atomic E-state index is 5.13. The van der Waals surface area contributed by atoms with E-state index in [0.717, 1.165) is 17.9 Å². The molecule has 0 saturated heterocycles. The van der Waals surface area contributed by atoms with Crippen molar-refractivity contribution < 1.29 is 4.74 Å². The van der Waals surface area contributed by atoms with E-state index in [1.807, 2.05) is 10.6 Å². The Morgan fingerprint density at radius 1 is 1.56 bits per heavy atom. The van der Waals surface area contributed by atoms with Gasteiger partial charge in [-0.15, -0.1) is 10.2 Å². The zero-order valence-corrected chi connectivity index (χ0v) is 9.42. The highest BCUT2D eigenvalue weighted by atomic mass is 16.5. The van der Waals surface area contributed by atoms with Gasteiger partial charge in [-0.3, -0.25) is 4.40 Å². The van der Waals surface area contributed by atoms with E-state index in [2.05, 4.69) is 27.4 Å². The largest absolute Gasteiger partial charge is 0.383 e. The molecule has 0 aliphatic heterocycles. The summed E-state index contributed by atoms with van der Waals surface area (Å²) in [5.74, 6) is 0.740. The Labute approximate surface area is 93.7 Å². The Morgan fingerprint density at radius 3 is 3.19 bits per heavy atom. The van der Waals surface area contributed by atoms with Gasteiger partial charge in [-0.25, -0.2) is 4.98 Å². The fourth-order valence-corrected chi connectivity index (χ4v) is 1.52. The van der Waals surface area contributed by atoms with Crippen molar-refractivity contribution in [2.45, 2.75) is 19.4 Å². The van der Waals surface area contributed by atoms with Gasteiger partial charge < -0.3 is 10.1 Å². The minimum Gasteiger partial charge on any atom is -0.383 e. The molecule has 16 heavy (non-hydrogen) atoms. The minimum atomic E-state index is 0.236. The topological polar surface area (TPSA) is 64.3 Å². The molecule has 0 saturated carbocycles. The number of nitrogens with zero attached hydrogens (tertiary/aromatic N) is 4. The number of ether oxygens (including phenoxy) is 1. The molecular weight excluding hydrogens is 206 g/mol. The van der Waals surface area contributed by atoms with Gasteiger partial charge in [0, 0.05) is 19.5 Å². The highest BCUT2D eigenvalue weighted by Crippen LogP contribution is 2.12. The van der Waals surface area contributed by atoms with Crippen molar-refractivity contribution in [2.24, 2.45) is 0 Å². The van der Waals surface area contributed by atoms with E-state index in [0.29, 0.717) is 6.61 Å². The van der Waals surface area contributed by atoms with Crippen molar-refractivity contribution in [3.63, 3.8) is 0 Å². The van der Waals surface area contributed by atoms with Crippen LogP contribution in [0.25, 0.3) is 5.65 Å². The van der Waals surface area contributed by atoms with E-state index >= 15 is 0 Å². The van der Waals surface area contributed by atoms with Crippen molar-refractivity contribution in [3.8, 4) is 0 Å². The fraction of sp³-hybridized carbons (Fsp3) is 0.500. The number of methoxy groups -OCH3 is 1. The zero-order chi connectivity index (χ0) is 11.4. The van der Waals surface area contributed by atoms with E-state index in [4.69, 9.17) is 4.74 Å². The van der Waals surface area contributed by atoms with Crippen molar-refractivity contribution >= 4 is 11.5 Å². The zero-order valence-electron chi connectivity index (χ0n) is 9.42. The van der Waals surface area contributed by atoms with Crippen LogP contribution in [0.3, 0.4) is 0 Å². The van der Waals surface area contributed by atoms with Crippen LogP contribution >= 0.6 is 0 Å². The second-order valence-corrected chi connectivity index (χ2v) is 3.54. The third kappa shape index (κ3) is 2.11. The summed E-state index contributed by atoms with van der Waals surface area (Å²) < 4.78 is 6.96. The van der Waals surface area contributed by atoms with Crippen LogP contribution in [0, 0.1) is 0 Å². The molecule has 2 aromatic heterocycles. The van der Waals surface area contributed by atoms with E-state index in [9.17, 15) is 0 Å². The molecule has 2 rings (SSSR count). The summed E-state index contributed by atoms with van der Waals surface area (Å²) in [5.41, 5.74) is 0.733. The smallest absolute Gasteiger partial charge is 0.203 e. The molecular formula is C10H15N5O. The van der Waals surface area contributed by atoms with Crippen molar-refractivity contribution in [3.05, 3.63) is 18.7 Å². The molecule has 1 atom stereocenters. The van der Waals surface area contributed by atoms with Gasteiger partial charge in [0.1, 0.15) is 6.33 Å². The number of aromatic nitrogens is 4. The molecule has 86 valence electrons. The molecule has 0 aliphatic carbocycles. The molecule has 2 aromatic rings. The first-order valence-corrected chi connectivity index (χ1v) is 5.25. The summed E-state index contributed by atoms with van der Waals surface area (Å²) in [7, 11) is 1.69. The standard InChI is InChI=1S/C10H15N5O/c1-3-8(6-16-2)13-9-10-14-12-7-15(10)5-4-11-9/h4-5,7-8H,3,6H2,1-2H3,(H,11,13). The molecule has 2 heterocycles. The fourth-order valence-electron chi connectivity index (χ4n) is 1.52. The van der Waals surface area contributed by atoms with E-state index in [1.165, 1.54) is 0 Å². The number of hydrogen-bond acceptors (Lipinski definition) is 5. The van der Waals surface area contributed by atoms with Gasteiger partial charge in [-0.05, 0) is 6.42 Å². The lowest BCUT2D eigenvalue weighted by Crippen LogP contribution is -2.24. The van der Waals surface area contributed by atoms with Gasteiger partial charge >= 0.3 is 0 Å². The average Bonchev–Trinajstić information content (AvgIpc) is 2.77. The second kappa shape index (κ2) is 4.89. The molecule has 6 heteroatoms.